The van der Waals surface area contributed by atoms with Crippen LogP contribution in [0.25, 0.3) is 10.9 Å². The number of aromatic amines is 1. The van der Waals surface area contributed by atoms with Gasteiger partial charge in [-0.2, -0.15) is 0 Å². The van der Waals surface area contributed by atoms with Crippen LogP contribution < -0.4 is 10.3 Å². The molecule has 1 aromatic heterocycles. The molecular weight excluding hydrogens is 304 g/mol. The van der Waals surface area contributed by atoms with E-state index in [2.05, 4.69) is 9.88 Å². The van der Waals surface area contributed by atoms with Gasteiger partial charge in [0, 0.05) is 36.2 Å². The molecular formula is C19H26N2O3. The van der Waals surface area contributed by atoms with Crippen molar-refractivity contribution >= 4 is 10.9 Å². The van der Waals surface area contributed by atoms with Crippen molar-refractivity contribution in [3.8, 4) is 5.75 Å². The van der Waals surface area contributed by atoms with Crippen LogP contribution in [0.15, 0.2) is 29.1 Å². The normalized spacial score (nSPS) is 18.2. The molecule has 0 saturated carbocycles. The van der Waals surface area contributed by atoms with E-state index in [4.69, 9.17) is 9.47 Å². The summed E-state index contributed by atoms with van der Waals surface area (Å²) in [5.74, 6) is 0.826. The number of ether oxygens (including phenoxy) is 2. The quantitative estimate of drug-likeness (QED) is 0.885. The Morgan fingerprint density at radius 3 is 2.96 bits per heavy atom. The highest BCUT2D eigenvalue weighted by Crippen LogP contribution is 2.20. The van der Waals surface area contributed by atoms with Crippen LogP contribution in [-0.2, 0) is 11.3 Å². The zero-order chi connectivity index (χ0) is 16.9. The first-order valence-corrected chi connectivity index (χ1v) is 8.74. The van der Waals surface area contributed by atoms with Crippen LogP contribution in [0.4, 0.5) is 0 Å². The summed E-state index contributed by atoms with van der Waals surface area (Å²) in [5, 5.41) is 0.998. The van der Waals surface area contributed by atoms with Gasteiger partial charge in [0.15, 0.2) is 0 Å². The van der Waals surface area contributed by atoms with Gasteiger partial charge >= 0.3 is 0 Å². The molecule has 0 spiro atoms. The van der Waals surface area contributed by atoms with Gasteiger partial charge in [-0.05, 0) is 57.5 Å². The van der Waals surface area contributed by atoms with Gasteiger partial charge in [-0.1, -0.05) is 0 Å². The highest BCUT2D eigenvalue weighted by Gasteiger charge is 2.16. The third kappa shape index (κ3) is 4.16. The average Bonchev–Trinajstić information content (AvgIpc) is 2.57. The molecule has 1 N–H and O–H groups in total. The third-order valence-corrected chi connectivity index (χ3v) is 4.43. The maximum atomic E-state index is 12.3. The van der Waals surface area contributed by atoms with Crippen molar-refractivity contribution in [1.82, 2.24) is 9.88 Å². The monoisotopic (exact) mass is 330 g/mol. The molecule has 2 aromatic rings. The minimum Gasteiger partial charge on any atom is -0.494 e. The second-order valence-electron chi connectivity index (χ2n) is 6.49. The summed E-state index contributed by atoms with van der Waals surface area (Å²) in [7, 11) is 2.04. The van der Waals surface area contributed by atoms with Crippen LogP contribution in [0.3, 0.4) is 0 Å². The smallest absolute Gasteiger partial charge is 0.252 e. The number of hydrogen-bond acceptors (Lipinski definition) is 4. The summed E-state index contributed by atoms with van der Waals surface area (Å²) in [6, 6.07) is 7.72. The van der Waals surface area contributed by atoms with Crippen molar-refractivity contribution in [2.45, 2.75) is 38.8 Å². The van der Waals surface area contributed by atoms with Crippen molar-refractivity contribution < 1.29 is 9.47 Å². The van der Waals surface area contributed by atoms with Gasteiger partial charge in [-0.15, -0.1) is 0 Å². The minimum atomic E-state index is -0.0249. The van der Waals surface area contributed by atoms with Gasteiger partial charge in [-0.25, -0.2) is 0 Å². The van der Waals surface area contributed by atoms with Crippen molar-refractivity contribution in [3.05, 3.63) is 40.2 Å². The van der Waals surface area contributed by atoms with Gasteiger partial charge in [0.05, 0.1) is 12.7 Å². The molecule has 1 saturated heterocycles. The van der Waals surface area contributed by atoms with E-state index in [0.717, 1.165) is 48.2 Å². The molecule has 0 bridgehead atoms. The second kappa shape index (κ2) is 7.81. The number of hydrogen-bond donors (Lipinski definition) is 1. The topological polar surface area (TPSA) is 54.6 Å². The van der Waals surface area contributed by atoms with E-state index in [1.54, 1.807) is 0 Å². The minimum absolute atomic E-state index is 0.0249. The number of benzene rings is 1. The summed E-state index contributed by atoms with van der Waals surface area (Å²) in [6.45, 7) is 4.92. The fourth-order valence-corrected chi connectivity index (χ4v) is 3.26. The van der Waals surface area contributed by atoms with Gasteiger partial charge in [-0.3, -0.25) is 9.69 Å². The molecule has 1 fully saturated rings. The number of likely N-dealkylation sites (N-methyl/N-ethyl adjacent to an activating group) is 1. The summed E-state index contributed by atoms with van der Waals surface area (Å²) in [6.07, 6.45) is 3.78. The number of aromatic nitrogens is 1. The molecule has 1 atom stereocenters. The van der Waals surface area contributed by atoms with Crippen LogP contribution in [0.1, 0.15) is 31.7 Å². The van der Waals surface area contributed by atoms with Gasteiger partial charge < -0.3 is 14.5 Å². The van der Waals surface area contributed by atoms with Crippen molar-refractivity contribution in [3.63, 3.8) is 0 Å². The number of H-pyrrole nitrogens is 1. The van der Waals surface area contributed by atoms with E-state index in [1.807, 2.05) is 38.2 Å². The number of nitrogens with zero attached hydrogens (tertiary/aromatic N) is 1. The third-order valence-electron chi connectivity index (χ3n) is 4.43. The van der Waals surface area contributed by atoms with E-state index in [1.165, 1.54) is 6.42 Å². The van der Waals surface area contributed by atoms with Crippen molar-refractivity contribution in [2.24, 2.45) is 0 Å². The maximum absolute atomic E-state index is 12.3. The molecule has 0 radical (unpaired) electrons. The average molecular weight is 330 g/mol. The summed E-state index contributed by atoms with van der Waals surface area (Å²) in [4.78, 5) is 17.5. The zero-order valence-corrected chi connectivity index (χ0v) is 14.5. The Balaban J connectivity index is 1.75. The number of pyridine rings is 1. The molecule has 1 aromatic carbocycles. The Kier molecular flexibility index (Phi) is 5.53. The van der Waals surface area contributed by atoms with E-state index < -0.39 is 0 Å². The predicted octanol–water partition coefficient (Wildman–Crippen LogP) is 2.93. The molecule has 5 heteroatoms. The van der Waals surface area contributed by atoms with E-state index in [-0.39, 0.29) is 11.7 Å². The van der Waals surface area contributed by atoms with Crippen LogP contribution in [0.2, 0.25) is 0 Å². The van der Waals surface area contributed by atoms with Crippen molar-refractivity contribution in [2.75, 3.05) is 26.8 Å². The fraction of sp³-hybridized carbons (Fsp3) is 0.526. The molecule has 1 aliphatic heterocycles. The summed E-state index contributed by atoms with van der Waals surface area (Å²) < 4.78 is 11.3. The standard InChI is InChI=1S/C19H26N2O3/c1-3-23-16-7-8-18-14(11-16)10-15(19(22)20-18)12-21(2)13-17-6-4-5-9-24-17/h7-8,10-11,17H,3-6,9,12-13H2,1-2H3,(H,20,22). The van der Waals surface area contributed by atoms with E-state index in [0.29, 0.717) is 13.2 Å². The predicted molar refractivity (Wildman–Crippen MR) is 95.7 cm³/mol. The summed E-state index contributed by atoms with van der Waals surface area (Å²) in [5.41, 5.74) is 1.59. The maximum Gasteiger partial charge on any atom is 0.252 e. The molecule has 1 unspecified atom stereocenters. The first-order chi connectivity index (χ1) is 11.7. The fourth-order valence-electron chi connectivity index (χ4n) is 3.26. The van der Waals surface area contributed by atoms with Crippen LogP contribution >= 0.6 is 0 Å². The Bertz CT molecular complexity index is 735. The Morgan fingerprint density at radius 2 is 2.21 bits per heavy atom. The highest BCUT2D eigenvalue weighted by atomic mass is 16.5. The molecule has 1 aliphatic rings. The lowest BCUT2D eigenvalue weighted by Gasteiger charge is -2.27. The lowest BCUT2D eigenvalue weighted by atomic mass is 10.1. The molecule has 24 heavy (non-hydrogen) atoms. The second-order valence-corrected chi connectivity index (χ2v) is 6.49. The number of fused-ring (bicyclic) bond motifs is 1. The molecule has 0 aliphatic carbocycles. The Morgan fingerprint density at radius 1 is 1.33 bits per heavy atom. The molecule has 5 nitrogen and oxygen atoms in total. The molecule has 0 amide bonds. The number of rotatable bonds is 6. The van der Waals surface area contributed by atoms with Gasteiger partial charge in [0.1, 0.15) is 5.75 Å². The van der Waals surface area contributed by atoms with Crippen LogP contribution in [0, 0.1) is 0 Å². The van der Waals surface area contributed by atoms with E-state index >= 15 is 0 Å². The highest BCUT2D eigenvalue weighted by molar-refractivity contribution is 5.80. The van der Waals surface area contributed by atoms with Gasteiger partial charge in [0.2, 0.25) is 0 Å². The van der Waals surface area contributed by atoms with Gasteiger partial charge in [0.25, 0.3) is 5.56 Å². The molecule has 3 rings (SSSR count). The summed E-state index contributed by atoms with van der Waals surface area (Å²) >= 11 is 0. The molecule has 130 valence electrons. The molecule has 2 heterocycles. The SMILES string of the molecule is CCOc1ccc2[nH]c(=O)c(CN(C)CC3CCCCO3)cc2c1. The van der Waals surface area contributed by atoms with Crippen LogP contribution in [0.5, 0.6) is 5.75 Å². The zero-order valence-electron chi connectivity index (χ0n) is 14.5. The Hall–Kier alpha value is -1.85. The number of nitrogens with one attached hydrogen (secondary N) is 1. The lowest BCUT2D eigenvalue weighted by Crippen LogP contribution is -2.34. The first-order valence-electron chi connectivity index (χ1n) is 8.74. The lowest BCUT2D eigenvalue weighted by molar-refractivity contribution is -0.00263. The van der Waals surface area contributed by atoms with Crippen LogP contribution in [-0.4, -0.2) is 42.8 Å². The van der Waals surface area contributed by atoms with E-state index in [9.17, 15) is 4.79 Å². The largest absolute Gasteiger partial charge is 0.494 e. The Labute approximate surface area is 142 Å². The van der Waals surface area contributed by atoms with Crippen molar-refractivity contribution in [1.29, 1.82) is 0 Å². The first kappa shape index (κ1) is 17.0.